The van der Waals surface area contributed by atoms with E-state index >= 15 is 0 Å². The van der Waals surface area contributed by atoms with E-state index in [0.717, 1.165) is 12.8 Å². The summed E-state index contributed by atoms with van der Waals surface area (Å²) in [4.78, 5) is 11.6. The molecule has 3 saturated carbocycles. The van der Waals surface area contributed by atoms with Gasteiger partial charge in [-0.1, -0.05) is 22.6 Å². The van der Waals surface area contributed by atoms with Crippen molar-refractivity contribution < 1.29 is 14.6 Å². The fraction of sp³-hybridized carbons (Fsp3) is 0.900. The average molecular weight is 308 g/mol. The highest BCUT2D eigenvalue weighted by Gasteiger charge is 2.61. The molecule has 1 N–H and O–H groups in total. The van der Waals surface area contributed by atoms with Crippen molar-refractivity contribution in [3.63, 3.8) is 0 Å². The van der Waals surface area contributed by atoms with Crippen LogP contribution in [0.1, 0.15) is 12.8 Å². The quantitative estimate of drug-likeness (QED) is 0.446. The topological polar surface area (TPSA) is 46.5 Å². The van der Waals surface area contributed by atoms with Crippen LogP contribution in [0.25, 0.3) is 0 Å². The molecule has 0 aromatic rings. The SMILES string of the molecule is O=C1O[C@H]2[C@@H](I)[C@H]3CC[C@H]2[C@H]1[C@@H]3CO. The number of fused-ring (bicyclic) bond motifs is 1. The van der Waals surface area contributed by atoms with Gasteiger partial charge in [-0.2, -0.15) is 0 Å². The average Bonchev–Trinajstić information content (AvgIpc) is 2.50. The molecule has 4 aliphatic rings. The molecule has 0 aromatic heterocycles. The molecule has 0 amide bonds. The molecular formula is C10H13IO3. The second-order valence-electron chi connectivity index (χ2n) is 4.62. The zero-order valence-corrected chi connectivity index (χ0v) is 9.88. The van der Waals surface area contributed by atoms with Gasteiger partial charge in [-0.15, -0.1) is 0 Å². The van der Waals surface area contributed by atoms with Crippen molar-refractivity contribution in [1.29, 1.82) is 0 Å². The van der Waals surface area contributed by atoms with Gasteiger partial charge in [0.2, 0.25) is 0 Å². The third-order valence-corrected chi connectivity index (χ3v) is 5.82. The maximum atomic E-state index is 11.6. The number of carbonyl (C=O) groups is 1. The molecule has 3 aliphatic carbocycles. The maximum Gasteiger partial charge on any atom is 0.310 e. The summed E-state index contributed by atoms with van der Waals surface area (Å²) in [6.07, 6.45) is 2.42. The van der Waals surface area contributed by atoms with Crippen LogP contribution in [0.4, 0.5) is 0 Å². The first-order valence-electron chi connectivity index (χ1n) is 5.19. The summed E-state index contributed by atoms with van der Waals surface area (Å²) in [5.74, 6) is 1.01. The van der Waals surface area contributed by atoms with Crippen LogP contribution in [-0.2, 0) is 9.53 Å². The van der Waals surface area contributed by atoms with Crippen molar-refractivity contribution in [2.24, 2.45) is 23.7 Å². The highest BCUT2D eigenvalue weighted by atomic mass is 127. The van der Waals surface area contributed by atoms with Crippen LogP contribution >= 0.6 is 22.6 Å². The van der Waals surface area contributed by atoms with Crippen LogP contribution in [0.3, 0.4) is 0 Å². The predicted octanol–water partition coefficient (Wildman–Crippen LogP) is 0.980. The molecule has 4 heteroatoms. The van der Waals surface area contributed by atoms with Crippen molar-refractivity contribution in [2.75, 3.05) is 6.61 Å². The van der Waals surface area contributed by atoms with E-state index in [1.165, 1.54) is 0 Å². The summed E-state index contributed by atoms with van der Waals surface area (Å²) in [6.45, 7) is 0.146. The van der Waals surface area contributed by atoms with Gasteiger partial charge < -0.3 is 9.84 Å². The molecule has 1 heterocycles. The molecule has 14 heavy (non-hydrogen) atoms. The van der Waals surface area contributed by atoms with E-state index in [9.17, 15) is 9.90 Å². The van der Waals surface area contributed by atoms with Gasteiger partial charge in [0, 0.05) is 12.5 Å². The monoisotopic (exact) mass is 308 g/mol. The molecule has 1 saturated heterocycles. The lowest BCUT2D eigenvalue weighted by Gasteiger charge is -2.47. The summed E-state index contributed by atoms with van der Waals surface area (Å²) in [6, 6.07) is 0. The number of aliphatic hydroxyl groups excluding tert-OH is 1. The molecule has 0 aromatic carbocycles. The van der Waals surface area contributed by atoms with Gasteiger partial charge >= 0.3 is 5.97 Å². The lowest BCUT2D eigenvalue weighted by Crippen LogP contribution is -2.51. The second kappa shape index (κ2) is 3.07. The van der Waals surface area contributed by atoms with Crippen molar-refractivity contribution in [1.82, 2.24) is 0 Å². The van der Waals surface area contributed by atoms with Crippen LogP contribution in [0, 0.1) is 23.7 Å². The molecule has 4 rings (SSSR count). The van der Waals surface area contributed by atoms with Crippen molar-refractivity contribution in [3.8, 4) is 0 Å². The van der Waals surface area contributed by atoms with E-state index in [1.807, 2.05) is 0 Å². The molecular weight excluding hydrogens is 295 g/mol. The van der Waals surface area contributed by atoms with Crippen LogP contribution in [0.15, 0.2) is 0 Å². The number of alkyl halides is 1. The lowest BCUT2D eigenvalue weighted by atomic mass is 9.59. The first kappa shape index (κ1) is 9.39. The van der Waals surface area contributed by atoms with E-state index in [4.69, 9.17) is 4.74 Å². The zero-order valence-electron chi connectivity index (χ0n) is 7.73. The number of rotatable bonds is 1. The number of ether oxygens (including phenoxy) is 1. The molecule has 0 radical (unpaired) electrons. The molecule has 4 bridgehead atoms. The van der Waals surface area contributed by atoms with Crippen molar-refractivity contribution >= 4 is 28.6 Å². The van der Waals surface area contributed by atoms with Crippen LogP contribution in [0.2, 0.25) is 0 Å². The number of hydrogen-bond acceptors (Lipinski definition) is 3. The Kier molecular flexibility index (Phi) is 2.06. The maximum absolute atomic E-state index is 11.6. The first-order chi connectivity index (χ1) is 6.74. The van der Waals surface area contributed by atoms with E-state index < -0.39 is 0 Å². The van der Waals surface area contributed by atoms with E-state index in [2.05, 4.69) is 22.6 Å². The van der Waals surface area contributed by atoms with Gasteiger partial charge in [0.25, 0.3) is 0 Å². The third kappa shape index (κ3) is 0.988. The van der Waals surface area contributed by atoms with Gasteiger partial charge in [-0.25, -0.2) is 0 Å². The molecule has 4 fully saturated rings. The summed E-state index contributed by atoms with van der Waals surface area (Å²) in [5.41, 5.74) is 0. The fourth-order valence-corrected chi connectivity index (χ4v) is 5.14. The minimum Gasteiger partial charge on any atom is -0.461 e. The van der Waals surface area contributed by atoms with E-state index in [1.54, 1.807) is 0 Å². The number of esters is 1. The van der Waals surface area contributed by atoms with Crippen LogP contribution in [0.5, 0.6) is 0 Å². The van der Waals surface area contributed by atoms with Crippen molar-refractivity contribution in [2.45, 2.75) is 22.9 Å². The van der Waals surface area contributed by atoms with Crippen LogP contribution in [-0.4, -0.2) is 27.7 Å². The van der Waals surface area contributed by atoms with E-state index in [0.29, 0.717) is 15.8 Å². The number of halogens is 1. The van der Waals surface area contributed by atoms with Crippen molar-refractivity contribution in [3.05, 3.63) is 0 Å². The minimum atomic E-state index is -0.0529. The summed E-state index contributed by atoms with van der Waals surface area (Å²) in [7, 11) is 0. The standard InChI is InChI=1S/C10H13IO3/c11-8-4-1-2-5-7(6(4)3-12)10(13)14-9(5)8/h4-9,12H,1-3H2/t4-,5-,6+,7-,8-,9+/m0/s1. The minimum absolute atomic E-state index is 0.00904. The Bertz CT molecular complexity index is 281. The summed E-state index contributed by atoms with van der Waals surface area (Å²) >= 11 is 2.40. The molecule has 1 aliphatic heterocycles. The molecule has 78 valence electrons. The third-order valence-electron chi connectivity index (χ3n) is 4.19. The number of carbonyl (C=O) groups excluding carboxylic acids is 1. The Morgan fingerprint density at radius 1 is 1.43 bits per heavy atom. The summed E-state index contributed by atoms with van der Waals surface area (Å²) in [5, 5.41) is 9.36. The summed E-state index contributed by atoms with van der Waals surface area (Å²) < 4.78 is 5.83. The van der Waals surface area contributed by atoms with Gasteiger partial charge in [0.1, 0.15) is 6.10 Å². The Morgan fingerprint density at radius 3 is 2.86 bits per heavy atom. The van der Waals surface area contributed by atoms with Gasteiger partial charge in [-0.05, 0) is 24.7 Å². The molecule has 3 nitrogen and oxygen atoms in total. The van der Waals surface area contributed by atoms with Gasteiger partial charge in [0.15, 0.2) is 0 Å². The largest absolute Gasteiger partial charge is 0.461 e. The Hall–Kier alpha value is 0.160. The fourth-order valence-electron chi connectivity index (χ4n) is 3.57. The lowest BCUT2D eigenvalue weighted by molar-refractivity contribution is -0.144. The molecule has 6 atom stereocenters. The zero-order chi connectivity index (χ0) is 9.87. The van der Waals surface area contributed by atoms with Gasteiger partial charge in [0.05, 0.1) is 9.84 Å². The Labute approximate surface area is 96.3 Å². The van der Waals surface area contributed by atoms with Gasteiger partial charge in [-0.3, -0.25) is 4.79 Å². The Morgan fingerprint density at radius 2 is 2.14 bits per heavy atom. The predicted molar refractivity (Wildman–Crippen MR) is 58.0 cm³/mol. The Balaban J connectivity index is 2.01. The molecule has 0 unspecified atom stereocenters. The molecule has 0 spiro atoms. The second-order valence-corrected chi connectivity index (χ2v) is 6.06. The normalized spacial score (nSPS) is 54.9. The smallest absolute Gasteiger partial charge is 0.310 e. The number of hydrogen-bond donors (Lipinski definition) is 1. The first-order valence-corrected chi connectivity index (χ1v) is 6.44. The highest BCUT2D eigenvalue weighted by Crippen LogP contribution is 2.56. The van der Waals surface area contributed by atoms with Crippen LogP contribution < -0.4 is 0 Å². The number of aliphatic hydroxyl groups is 1. The highest BCUT2D eigenvalue weighted by molar-refractivity contribution is 14.1. The van der Waals surface area contributed by atoms with E-state index in [-0.39, 0.29) is 30.5 Å².